The van der Waals surface area contributed by atoms with E-state index in [1.54, 1.807) is 6.92 Å². The fraction of sp³-hybridized carbons (Fsp3) is 0.125. The van der Waals surface area contributed by atoms with Gasteiger partial charge >= 0.3 is 0 Å². The molecule has 0 fully saturated rings. The average molecular weight is 312 g/mol. The van der Waals surface area contributed by atoms with Crippen molar-refractivity contribution in [2.45, 2.75) is 11.8 Å². The molecule has 2 rings (SSSR count). The summed E-state index contributed by atoms with van der Waals surface area (Å²) < 4.78 is 26.8. The first kappa shape index (κ1) is 12.7. The Bertz CT molecular complexity index is 648. The first-order valence-corrected chi connectivity index (χ1v) is 7.43. The SMILES string of the molecule is Cc1cn[nH]c1NS(=O)(=O)c1cc(Cl)sc1Cl. The molecule has 17 heavy (non-hydrogen) atoms. The molecule has 0 saturated carbocycles. The van der Waals surface area contributed by atoms with Gasteiger partial charge in [-0.05, 0) is 13.0 Å². The van der Waals surface area contributed by atoms with E-state index in [9.17, 15) is 8.42 Å². The molecule has 0 spiro atoms. The zero-order chi connectivity index (χ0) is 12.6. The molecule has 0 aliphatic heterocycles. The lowest BCUT2D eigenvalue weighted by Crippen LogP contribution is -2.13. The van der Waals surface area contributed by atoms with E-state index in [2.05, 4.69) is 14.9 Å². The normalized spacial score (nSPS) is 11.7. The van der Waals surface area contributed by atoms with Crippen LogP contribution in [0.4, 0.5) is 5.82 Å². The fourth-order valence-electron chi connectivity index (χ4n) is 1.15. The van der Waals surface area contributed by atoms with Crippen LogP contribution in [-0.4, -0.2) is 18.6 Å². The molecule has 0 bridgehead atoms. The van der Waals surface area contributed by atoms with Gasteiger partial charge in [0.2, 0.25) is 0 Å². The van der Waals surface area contributed by atoms with Crippen LogP contribution in [0.25, 0.3) is 0 Å². The van der Waals surface area contributed by atoms with Gasteiger partial charge in [-0.1, -0.05) is 23.2 Å². The highest BCUT2D eigenvalue weighted by Gasteiger charge is 2.22. The van der Waals surface area contributed by atoms with E-state index in [-0.39, 0.29) is 9.23 Å². The highest BCUT2D eigenvalue weighted by Crippen LogP contribution is 2.35. The van der Waals surface area contributed by atoms with Gasteiger partial charge in [-0.3, -0.25) is 9.82 Å². The lowest BCUT2D eigenvalue weighted by molar-refractivity contribution is 0.601. The Morgan fingerprint density at radius 3 is 2.65 bits per heavy atom. The molecule has 2 aromatic rings. The van der Waals surface area contributed by atoms with Gasteiger partial charge in [0.1, 0.15) is 15.0 Å². The van der Waals surface area contributed by atoms with Crippen LogP contribution >= 0.6 is 34.5 Å². The summed E-state index contributed by atoms with van der Waals surface area (Å²) in [6, 6.07) is 1.31. The molecule has 0 atom stereocenters. The van der Waals surface area contributed by atoms with E-state index in [4.69, 9.17) is 23.2 Å². The molecular weight excluding hydrogens is 305 g/mol. The predicted molar refractivity (Wildman–Crippen MR) is 68.5 cm³/mol. The summed E-state index contributed by atoms with van der Waals surface area (Å²) in [5.41, 5.74) is 0.686. The number of aromatic nitrogens is 2. The largest absolute Gasteiger partial charge is 0.265 e. The molecule has 9 heteroatoms. The second-order valence-electron chi connectivity index (χ2n) is 3.22. The van der Waals surface area contributed by atoms with Crippen LogP contribution in [0.15, 0.2) is 17.2 Å². The molecule has 2 aromatic heterocycles. The molecule has 2 N–H and O–H groups in total. The number of H-pyrrole nitrogens is 1. The monoisotopic (exact) mass is 311 g/mol. The highest BCUT2D eigenvalue weighted by atomic mass is 35.5. The number of nitrogens with zero attached hydrogens (tertiary/aromatic N) is 1. The van der Waals surface area contributed by atoms with Crippen molar-refractivity contribution in [3.8, 4) is 0 Å². The van der Waals surface area contributed by atoms with Crippen molar-refractivity contribution >= 4 is 50.4 Å². The van der Waals surface area contributed by atoms with Crippen LogP contribution < -0.4 is 4.72 Å². The van der Waals surface area contributed by atoms with E-state index in [0.717, 1.165) is 11.3 Å². The number of anilines is 1. The van der Waals surface area contributed by atoms with Gasteiger partial charge < -0.3 is 0 Å². The van der Waals surface area contributed by atoms with Crippen LogP contribution in [0.1, 0.15) is 5.56 Å². The second-order valence-corrected chi connectivity index (χ2v) is 7.16. The van der Waals surface area contributed by atoms with E-state index in [1.807, 2.05) is 0 Å². The van der Waals surface area contributed by atoms with Crippen molar-refractivity contribution in [3.63, 3.8) is 0 Å². The van der Waals surface area contributed by atoms with Crippen molar-refractivity contribution in [3.05, 3.63) is 26.5 Å². The third kappa shape index (κ3) is 2.57. The van der Waals surface area contributed by atoms with Crippen LogP contribution in [-0.2, 0) is 10.0 Å². The summed E-state index contributed by atoms with van der Waals surface area (Å²) in [5.74, 6) is 0.309. The van der Waals surface area contributed by atoms with Gasteiger partial charge in [-0.15, -0.1) is 11.3 Å². The smallest absolute Gasteiger partial charge is 0.263 e. The second kappa shape index (κ2) is 4.49. The van der Waals surface area contributed by atoms with Crippen LogP contribution in [0.2, 0.25) is 8.67 Å². The molecular formula is C8H7Cl2N3O2S2. The van der Waals surface area contributed by atoms with Crippen LogP contribution in [0.3, 0.4) is 0 Å². The number of rotatable bonds is 3. The van der Waals surface area contributed by atoms with E-state index in [1.165, 1.54) is 12.3 Å². The van der Waals surface area contributed by atoms with Gasteiger partial charge in [0.05, 0.1) is 10.5 Å². The quantitative estimate of drug-likeness (QED) is 0.915. The van der Waals surface area contributed by atoms with Crippen molar-refractivity contribution in [2.24, 2.45) is 0 Å². The zero-order valence-electron chi connectivity index (χ0n) is 8.49. The van der Waals surface area contributed by atoms with Crippen LogP contribution in [0.5, 0.6) is 0 Å². The molecule has 0 aliphatic carbocycles. The molecule has 92 valence electrons. The number of aryl methyl sites for hydroxylation is 1. The third-order valence-electron chi connectivity index (χ3n) is 1.98. The Morgan fingerprint density at radius 2 is 2.18 bits per heavy atom. The Morgan fingerprint density at radius 1 is 1.47 bits per heavy atom. The van der Waals surface area contributed by atoms with Gasteiger partial charge in [-0.25, -0.2) is 8.42 Å². The Balaban J connectivity index is 2.38. The zero-order valence-corrected chi connectivity index (χ0v) is 11.6. The first-order chi connectivity index (χ1) is 7.90. The van der Waals surface area contributed by atoms with Crippen molar-refractivity contribution < 1.29 is 8.42 Å². The third-order valence-corrected chi connectivity index (χ3v) is 5.08. The van der Waals surface area contributed by atoms with E-state index >= 15 is 0 Å². The summed E-state index contributed by atoms with van der Waals surface area (Å²) in [5, 5.41) is 6.26. The van der Waals surface area contributed by atoms with Crippen molar-refractivity contribution in [1.29, 1.82) is 0 Å². The van der Waals surface area contributed by atoms with Crippen LogP contribution in [0, 0.1) is 6.92 Å². The summed E-state index contributed by atoms with van der Waals surface area (Å²) in [7, 11) is -3.74. The van der Waals surface area contributed by atoms with Crippen molar-refractivity contribution in [2.75, 3.05) is 4.72 Å². The van der Waals surface area contributed by atoms with Gasteiger partial charge in [0.15, 0.2) is 0 Å². The Hall–Kier alpha value is -0.760. The number of aromatic amines is 1. The van der Waals surface area contributed by atoms with Gasteiger partial charge in [0.25, 0.3) is 10.0 Å². The first-order valence-electron chi connectivity index (χ1n) is 4.38. The summed E-state index contributed by atoms with van der Waals surface area (Å²) >= 11 is 12.5. The maximum absolute atomic E-state index is 12.0. The molecule has 5 nitrogen and oxygen atoms in total. The van der Waals surface area contributed by atoms with Gasteiger partial charge in [-0.2, -0.15) is 5.10 Å². The summed E-state index contributed by atoms with van der Waals surface area (Å²) in [6.07, 6.45) is 1.51. The molecule has 0 amide bonds. The molecule has 0 radical (unpaired) electrons. The fourth-order valence-corrected chi connectivity index (χ4v) is 4.39. The molecule has 2 heterocycles. The lowest BCUT2D eigenvalue weighted by Gasteiger charge is -2.05. The number of halogens is 2. The van der Waals surface area contributed by atoms with E-state index in [0.29, 0.717) is 15.7 Å². The van der Waals surface area contributed by atoms with E-state index < -0.39 is 10.0 Å². The minimum absolute atomic E-state index is 0.0387. The molecule has 0 aliphatic rings. The predicted octanol–water partition coefficient (Wildman–Crippen LogP) is 2.89. The topological polar surface area (TPSA) is 74.8 Å². The lowest BCUT2D eigenvalue weighted by atomic mass is 10.4. The number of hydrogen-bond acceptors (Lipinski definition) is 4. The standard InChI is InChI=1S/C8H7Cl2N3O2S2/c1-4-3-11-12-8(4)13-17(14,15)5-2-6(9)16-7(5)10/h2-3H,1H3,(H2,11,12,13). The molecule has 0 unspecified atom stereocenters. The molecule has 0 aromatic carbocycles. The summed E-state index contributed by atoms with van der Waals surface area (Å²) in [4.78, 5) is -0.0387. The highest BCUT2D eigenvalue weighted by molar-refractivity contribution is 7.93. The number of thiophene rings is 1. The van der Waals surface area contributed by atoms with Gasteiger partial charge in [0, 0.05) is 5.56 Å². The minimum atomic E-state index is -3.74. The summed E-state index contributed by atoms with van der Waals surface area (Å²) in [6.45, 7) is 1.73. The maximum Gasteiger partial charge on any atom is 0.265 e. The van der Waals surface area contributed by atoms with Crippen molar-refractivity contribution in [1.82, 2.24) is 10.2 Å². The molecule has 0 saturated heterocycles. The number of hydrogen-bond donors (Lipinski definition) is 2. The minimum Gasteiger partial charge on any atom is -0.263 e. The Labute approximate surface area is 112 Å². The Kier molecular flexibility index (Phi) is 3.35. The maximum atomic E-state index is 12.0. The average Bonchev–Trinajstić information content (AvgIpc) is 2.74. The number of sulfonamides is 1. The number of nitrogens with one attached hydrogen (secondary N) is 2.